The minimum Gasteiger partial charge on any atom is -0.469 e. The normalized spacial score (nSPS) is 46.9. The Morgan fingerprint density at radius 2 is 1.64 bits per heavy atom. The van der Waals surface area contributed by atoms with Crippen LogP contribution in [-0.2, 0) is 34.0 Å². The van der Waals surface area contributed by atoms with Gasteiger partial charge >= 0.3 is 17.9 Å². The smallest absolute Gasteiger partial charge is 0.317 e. The second-order valence-corrected chi connectivity index (χ2v) is 8.78. The first-order chi connectivity index (χ1) is 13.5. The van der Waals surface area contributed by atoms with Crippen molar-refractivity contribution in [2.24, 2.45) is 40.9 Å². The molecule has 0 heterocycles. The molecular weight excluding hydrogens is 360 g/mol. The molecule has 0 N–H and O–H groups in total. The molecule has 1 aromatic rings. The van der Waals surface area contributed by atoms with Crippen LogP contribution in [0.5, 0.6) is 0 Å². The summed E-state index contributed by atoms with van der Waals surface area (Å²) in [6.07, 6.45) is 0. The topological polar surface area (TPSA) is 78.9 Å². The molecule has 6 aliphatic rings. The highest BCUT2D eigenvalue weighted by molar-refractivity contribution is 6.02. The van der Waals surface area contributed by atoms with Crippen LogP contribution in [0.2, 0.25) is 0 Å². The van der Waals surface area contributed by atoms with E-state index in [4.69, 9.17) is 14.2 Å². The molecule has 1 aromatic carbocycles. The van der Waals surface area contributed by atoms with Crippen LogP contribution in [0.4, 0.5) is 0 Å². The number of benzene rings is 1. The van der Waals surface area contributed by atoms with Crippen molar-refractivity contribution >= 4 is 17.9 Å². The fourth-order valence-corrected chi connectivity index (χ4v) is 8.27. The van der Waals surface area contributed by atoms with Crippen LogP contribution in [0.3, 0.4) is 0 Å². The van der Waals surface area contributed by atoms with Crippen LogP contribution in [0, 0.1) is 40.9 Å². The maximum Gasteiger partial charge on any atom is 0.317 e. The Kier molecular flexibility index (Phi) is 2.83. The van der Waals surface area contributed by atoms with Crippen molar-refractivity contribution in [1.82, 2.24) is 0 Å². The summed E-state index contributed by atoms with van der Waals surface area (Å²) in [7, 11) is 2.77. The van der Waals surface area contributed by atoms with E-state index in [2.05, 4.69) is 6.07 Å². The Hall–Kier alpha value is -2.37. The highest BCUT2D eigenvalue weighted by atomic mass is 16.5. The highest BCUT2D eigenvalue weighted by Gasteiger charge is 3.01. The maximum absolute atomic E-state index is 13.4. The SMILES string of the molecule is CCOC(=O)[C@@H]1C2C1C1C3C4c5ccccc5C(C(=O)OC)(C42)C31C(=O)OC. The summed E-state index contributed by atoms with van der Waals surface area (Å²) in [5.74, 6) is -0.937. The van der Waals surface area contributed by atoms with Gasteiger partial charge in [-0.05, 0) is 53.6 Å². The molecule has 5 fully saturated rings. The summed E-state index contributed by atoms with van der Waals surface area (Å²) in [5, 5.41) is 0. The summed E-state index contributed by atoms with van der Waals surface area (Å²) in [6.45, 7) is 2.14. The van der Waals surface area contributed by atoms with Gasteiger partial charge in [0.2, 0.25) is 0 Å². The van der Waals surface area contributed by atoms with Crippen molar-refractivity contribution in [3.63, 3.8) is 0 Å². The van der Waals surface area contributed by atoms with Gasteiger partial charge in [0, 0.05) is 0 Å². The standard InChI is InChI=1S/C22H22O6/c1-4-28-18(23)14-12-13(14)17-16-11-9-7-5-6-8-10(9)21(15(11)12,19(24)26-2)22(16,17)20(25)27-3/h5-8,11-17H,4H2,1-3H3/t11?,12?,13?,14-,15?,16?,17?,21?,22?/m1/s1. The van der Waals surface area contributed by atoms with E-state index in [0.717, 1.165) is 11.1 Å². The van der Waals surface area contributed by atoms with E-state index in [1.807, 2.05) is 18.2 Å². The molecule has 0 amide bonds. The Morgan fingerprint density at radius 1 is 0.964 bits per heavy atom. The maximum atomic E-state index is 13.4. The lowest BCUT2D eigenvalue weighted by molar-refractivity contribution is -0.166. The zero-order chi connectivity index (χ0) is 19.6. The molecule has 146 valence electrons. The Balaban J connectivity index is 1.59. The zero-order valence-electron chi connectivity index (χ0n) is 16.0. The van der Waals surface area contributed by atoms with Crippen LogP contribution >= 0.6 is 0 Å². The van der Waals surface area contributed by atoms with E-state index >= 15 is 0 Å². The molecule has 0 aliphatic heterocycles. The van der Waals surface area contributed by atoms with Crippen LogP contribution in [0.15, 0.2) is 24.3 Å². The van der Waals surface area contributed by atoms with Crippen LogP contribution in [0.1, 0.15) is 24.0 Å². The average molecular weight is 382 g/mol. The molecule has 28 heavy (non-hydrogen) atoms. The largest absolute Gasteiger partial charge is 0.469 e. The monoisotopic (exact) mass is 382 g/mol. The lowest BCUT2D eigenvalue weighted by Crippen LogP contribution is -2.54. The van der Waals surface area contributed by atoms with Gasteiger partial charge in [-0.1, -0.05) is 24.3 Å². The fraction of sp³-hybridized carbons (Fsp3) is 0.591. The molecule has 0 spiro atoms. The fourth-order valence-electron chi connectivity index (χ4n) is 8.27. The van der Waals surface area contributed by atoms with E-state index in [0.29, 0.717) is 6.61 Å². The third-order valence-corrected chi connectivity index (χ3v) is 8.55. The summed E-state index contributed by atoms with van der Waals surface area (Å²) in [5.41, 5.74) is 0.0845. The summed E-state index contributed by atoms with van der Waals surface area (Å²) >= 11 is 0. The van der Waals surface area contributed by atoms with Gasteiger partial charge in [-0.3, -0.25) is 14.4 Å². The van der Waals surface area contributed by atoms with Gasteiger partial charge in [0.1, 0.15) is 5.41 Å². The van der Waals surface area contributed by atoms with Gasteiger partial charge in [-0.2, -0.15) is 0 Å². The predicted molar refractivity (Wildman–Crippen MR) is 94.9 cm³/mol. The number of rotatable bonds is 4. The molecule has 6 nitrogen and oxygen atoms in total. The molecule has 6 heteroatoms. The van der Waals surface area contributed by atoms with Crippen LogP contribution < -0.4 is 0 Å². The Bertz CT molecular complexity index is 954. The van der Waals surface area contributed by atoms with E-state index in [1.165, 1.54) is 14.2 Å². The number of esters is 3. The van der Waals surface area contributed by atoms with Crippen LogP contribution in [0.25, 0.3) is 0 Å². The molecule has 6 aliphatic carbocycles. The summed E-state index contributed by atoms with van der Waals surface area (Å²) in [4.78, 5) is 39.3. The van der Waals surface area contributed by atoms with Gasteiger partial charge in [0.05, 0.1) is 32.2 Å². The number of carbonyl (C=O) groups excluding carboxylic acids is 3. The number of fused-ring (bicyclic) bond motifs is 1. The van der Waals surface area contributed by atoms with Crippen molar-refractivity contribution in [1.29, 1.82) is 0 Å². The number of methoxy groups -OCH3 is 2. The van der Waals surface area contributed by atoms with Gasteiger partial charge in [-0.25, -0.2) is 0 Å². The number of ether oxygens (including phenoxy) is 3. The van der Waals surface area contributed by atoms with Crippen molar-refractivity contribution < 1.29 is 28.6 Å². The third kappa shape index (κ3) is 1.30. The van der Waals surface area contributed by atoms with Gasteiger partial charge in [0.25, 0.3) is 0 Å². The average Bonchev–Trinajstić information content (AvgIpc) is 3.58. The minimum atomic E-state index is -1.05. The molecule has 5 saturated carbocycles. The lowest BCUT2D eigenvalue weighted by Gasteiger charge is -2.41. The van der Waals surface area contributed by atoms with Crippen molar-refractivity contribution in [2.45, 2.75) is 18.3 Å². The minimum absolute atomic E-state index is 0.0270. The zero-order valence-corrected chi connectivity index (χ0v) is 16.0. The first-order valence-electron chi connectivity index (χ1n) is 9.97. The molecular formula is C22H22O6. The molecule has 6 bridgehead atoms. The second kappa shape index (κ2) is 4.78. The third-order valence-electron chi connectivity index (χ3n) is 8.55. The Labute approximate surface area is 162 Å². The number of hydrogen-bond donors (Lipinski definition) is 0. The van der Waals surface area contributed by atoms with Crippen molar-refractivity contribution in [3.8, 4) is 0 Å². The molecule has 9 atom stereocenters. The number of carbonyl (C=O) groups is 3. The van der Waals surface area contributed by atoms with Crippen LogP contribution in [-0.4, -0.2) is 38.7 Å². The lowest BCUT2D eigenvalue weighted by atomic mass is 9.59. The number of hydrogen-bond acceptors (Lipinski definition) is 6. The van der Waals surface area contributed by atoms with E-state index in [-0.39, 0.29) is 59.3 Å². The quantitative estimate of drug-likeness (QED) is 0.582. The van der Waals surface area contributed by atoms with E-state index in [9.17, 15) is 14.4 Å². The Morgan fingerprint density at radius 3 is 2.32 bits per heavy atom. The molecule has 7 rings (SSSR count). The van der Waals surface area contributed by atoms with Gasteiger partial charge in [-0.15, -0.1) is 0 Å². The van der Waals surface area contributed by atoms with Crippen molar-refractivity contribution in [2.75, 3.05) is 20.8 Å². The predicted octanol–water partition coefficient (Wildman–Crippen LogP) is 1.67. The molecule has 0 radical (unpaired) electrons. The van der Waals surface area contributed by atoms with E-state index in [1.54, 1.807) is 6.92 Å². The van der Waals surface area contributed by atoms with Crippen molar-refractivity contribution in [3.05, 3.63) is 35.4 Å². The molecule has 0 saturated heterocycles. The molecule has 8 unspecified atom stereocenters. The van der Waals surface area contributed by atoms with Gasteiger partial charge < -0.3 is 14.2 Å². The first kappa shape index (κ1) is 16.6. The molecule has 0 aromatic heterocycles. The summed E-state index contributed by atoms with van der Waals surface area (Å²) in [6, 6.07) is 7.91. The first-order valence-corrected chi connectivity index (χ1v) is 9.97. The second-order valence-electron chi connectivity index (χ2n) is 8.78. The highest BCUT2D eigenvalue weighted by Crippen LogP contribution is 2.97. The van der Waals surface area contributed by atoms with E-state index < -0.39 is 10.8 Å². The summed E-state index contributed by atoms with van der Waals surface area (Å²) < 4.78 is 15.9. The van der Waals surface area contributed by atoms with Gasteiger partial charge in [0.15, 0.2) is 0 Å².